The average molecular weight is 269 g/mol. The van der Waals surface area contributed by atoms with Gasteiger partial charge in [0.25, 0.3) is 0 Å². The fourth-order valence-electron chi connectivity index (χ4n) is 1.98. The Morgan fingerprint density at radius 3 is 2.47 bits per heavy atom. The van der Waals surface area contributed by atoms with Crippen LogP contribution in [0.1, 0.15) is 25.7 Å². The van der Waals surface area contributed by atoms with Crippen molar-refractivity contribution in [3.8, 4) is 0 Å². The van der Waals surface area contributed by atoms with Gasteiger partial charge in [0.15, 0.2) is 0 Å². The molecule has 0 spiro atoms. The summed E-state index contributed by atoms with van der Waals surface area (Å²) in [5.41, 5.74) is 0. The van der Waals surface area contributed by atoms with Gasteiger partial charge in [-0.3, -0.25) is 14.9 Å². The first kappa shape index (κ1) is 13.3. The highest BCUT2D eigenvalue weighted by Crippen LogP contribution is 2.32. The quantitative estimate of drug-likeness (QED) is 0.485. The summed E-state index contributed by atoms with van der Waals surface area (Å²) < 4.78 is 0. The maximum Gasteiger partial charge on any atom is 0.326 e. The molecule has 8 heteroatoms. The number of hydrogen-bond donors (Lipinski definition) is 4. The molecule has 4 N–H and O–H groups in total. The highest BCUT2D eigenvalue weighted by atomic mass is 16.4. The van der Waals surface area contributed by atoms with Crippen LogP contribution in [0.3, 0.4) is 0 Å². The fourth-order valence-corrected chi connectivity index (χ4v) is 1.98. The fraction of sp³-hybridized carbons (Fsp3) is 0.636. The van der Waals surface area contributed by atoms with Gasteiger partial charge in [0.2, 0.25) is 11.8 Å². The molecule has 2 rings (SSSR count). The lowest BCUT2D eigenvalue weighted by Gasteiger charge is -2.23. The van der Waals surface area contributed by atoms with E-state index in [1.807, 2.05) is 0 Å². The molecule has 19 heavy (non-hydrogen) atoms. The smallest absolute Gasteiger partial charge is 0.326 e. The second-order valence-corrected chi connectivity index (χ2v) is 4.77. The number of aliphatic carboxylic acids is 1. The molecule has 2 aliphatic rings. The summed E-state index contributed by atoms with van der Waals surface area (Å²) >= 11 is 0. The third-order valence-electron chi connectivity index (χ3n) is 3.19. The van der Waals surface area contributed by atoms with Gasteiger partial charge in [0.05, 0.1) is 0 Å². The van der Waals surface area contributed by atoms with Crippen molar-refractivity contribution in [2.24, 2.45) is 5.92 Å². The molecule has 1 heterocycles. The van der Waals surface area contributed by atoms with Gasteiger partial charge in [0.1, 0.15) is 12.1 Å². The van der Waals surface area contributed by atoms with E-state index in [0.29, 0.717) is 0 Å². The lowest BCUT2D eigenvalue weighted by Crippen LogP contribution is -2.56. The third-order valence-corrected chi connectivity index (χ3v) is 3.19. The molecule has 0 aromatic heterocycles. The normalized spacial score (nSPS) is 24.3. The number of urea groups is 1. The van der Waals surface area contributed by atoms with Crippen LogP contribution in [-0.4, -0.2) is 41.0 Å². The number of nitrogens with one attached hydrogen (secondary N) is 3. The first-order valence-electron chi connectivity index (χ1n) is 6.11. The molecule has 1 saturated heterocycles. The molecule has 2 unspecified atom stereocenters. The van der Waals surface area contributed by atoms with E-state index in [1.165, 1.54) is 0 Å². The van der Waals surface area contributed by atoms with Gasteiger partial charge in [-0.1, -0.05) is 0 Å². The van der Waals surface area contributed by atoms with Gasteiger partial charge in [-0.05, 0) is 25.2 Å². The Kier molecular flexibility index (Phi) is 3.68. The number of amides is 4. The number of carboxylic acids is 1. The summed E-state index contributed by atoms with van der Waals surface area (Å²) in [5, 5.41) is 15.8. The van der Waals surface area contributed by atoms with Crippen molar-refractivity contribution in [2.75, 3.05) is 0 Å². The van der Waals surface area contributed by atoms with Crippen molar-refractivity contribution in [2.45, 2.75) is 37.8 Å². The van der Waals surface area contributed by atoms with Crippen molar-refractivity contribution in [3.63, 3.8) is 0 Å². The summed E-state index contributed by atoms with van der Waals surface area (Å²) in [6.45, 7) is 0. The van der Waals surface area contributed by atoms with Gasteiger partial charge in [-0.15, -0.1) is 0 Å². The Morgan fingerprint density at radius 1 is 1.26 bits per heavy atom. The monoisotopic (exact) mass is 269 g/mol. The van der Waals surface area contributed by atoms with Crippen LogP contribution < -0.4 is 16.0 Å². The van der Waals surface area contributed by atoms with Crippen molar-refractivity contribution in [3.05, 3.63) is 0 Å². The van der Waals surface area contributed by atoms with Gasteiger partial charge in [-0.25, -0.2) is 9.59 Å². The number of imide groups is 1. The lowest BCUT2D eigenvalue weighted by molar-refractivity contribution is -0.139. The molecule has 1 aliphatic heterocycles. The van der Waals surface area contributed by atoms with E-state index in [1.54, 1.807) is 0 Å². The molecular formula is C11H15N3O5. The molecule has 2 atom stereocenters. The molecule has 2 fully saturated rings. The summed E-state index contributed by atoms with van der Waals surface area (Å²) in [5.74, 6) is -2.06. The van der Waals surface area contributed by atoms with Crippen LogP contribution >= 0.6 is 0 Å². The minimum atomic E-state index is -1.08. The Balaban J connectivity index is 1.85. The van der Waals surface area contributed by atoms with Crippen LogP contribution in [0.4, 0.5) is 4.79 Å². The predicted octanol–water partition coefficient (Wildman–Crippen LogP) is -1.05. The summed E-state index contributed by atoms with van der Waals surface area (Å²) in [6, 6.07) is -2.42. The predicted molar refractivity (Wildman–Crippen MR) is 62.0 cm³/mol. The van der Waals surface area contributed by atoms with Crippen molar-refractivity contribution in [1.29, 1.82) is 0 Å². The van der Waals surface area contributed by atoms with E-state index < -0.39 is 30.0 Å². The van der Waals surface area contributed by atoms with E-state index in [2.05, 4.69) is 16.0 Å². The molecule has 8 nitrogen and oxygen atoms in total. The molecule has 104 valence electrons. The minimum Gasteiger partial charge on any atom is -0.480 e. The zero-order valence-corrected chi connectivity index (χ0v) is 10.1. The highest BCUT2D eigenvalue weighted by molar-refractivity contribution is 6.01. The number of hydrogen-bond acceptors (Lipinski definition) is 4. The maximum absolute atomic E-state index is 11.6. The highest BCUT2D eigenvalue weighted by Gasteiger charge is 2.38. The second kappa shape index (κ2) is 5.25. The number of rotatable bonds is 4. The van der Waals surface area contributed by atoms with Crippen LogP contribution in [0.25, 0.3) is 0 Å². The molecule has 0 radical (unpaired) electrons. The third kappa shape index (κ3) is 3.43. The average Bonchev–Trinajstić information content (AvgIpc) is 3.13. The molecular weight excluding hydrogens is 254 g/mol. The SMILES string of the molecule is O=C1CCC(NC(=O)NC(C(=O)O)C2CC2)C(=O)N1. The van der Waals surface area contributed by atoms with E-state index in [4.69, 9.17) is 5.11 Å². The zero-order valence-electron chi connectivity index (χ0n) is 10.1. The van der Waals surface area contributed by atoms with E-state index in [0.717, 1.165) is 12.8 Å². The van der Waals surface area contributed by atoms with Crippen LogP contribution in [0.5, 0.6) is 0 Å². The topological polar surface area (TPSA) is 125 Å². The van der Waals surface area contributed by atoms with Gasteiger partial charge < -0.3 is 15.7 Å². The van der Waals surface area contributed by atoms with Crippen molar-refractivity contribution >= 4 is 23.8 Å². The Morgan fingerprint density at radius 2 is 1.95 bits per heavy atom. The Bertz CT molecular complexity index is 432. The summed E-state index contributed by atoms with van der Waals surface area (Å²) in [6.07, 6.45) is 1.92. The van der Waals surface area contributed by atoms with E-state index >= 15 is 0 Å². The summed E-state index contributed by atoms with van der Waals surface area (Å²) in [4.78, 5) is 44.9. The number of carboxylic acid groups (broad SMARTS) is 1. The van der Waals surface area contributed by atoms with Crippen LogP contribution in [0, 0.1) is 5.92 Å². The van der Waals surface area contributed by atoms with Crippen LogP contribution in [0.2, 0.25) is 0 Å². The first-order valence-corrected chi connectivity index (χ1v) is 6.11. The Labute approximate surface area is 108 Å². The van der Waals surface area contributed by atoms with Gasteiger partial charge in [0, 0.05) is 6.42 Å². The van der Waals surface area contributed by atoms with Crippen molar-refractivity contribution in [1.82, 2.24) is 16.0 Å². The maximum atomic E-state index is 11.6. The molecule has 4 amide bonds. The van der Waals surface area contributed by atoms with Crippen molar-refractivity contribution < 1.29 is 24.3 Å². The van der Waals surface area contributed by atoms with E-state index in [9.17, 15) is 19.2 Å². The van der Waals surface area contributed by atoms with Gasteiger partial charge in [-0.2, -0.15) is 0 Å². The lowest BCUT2D eigenvalue weighted by atomic mass is 10.1. The minimum absolute atomic E-state index is 0.0370. The molecule has 1 saturated carbocycles. The molecule has 0 aromatic rings. The van der Waals surface area contributed by atoms with Crippen LogP contribution in [0.15, 0.2) is 0 Å². The second-order valence-electron chi connectivity index (χ2n) is 4.77. The number of carbonyl (C=O) groups is 4. The molecule has 1 aliphatic carbocycles. The largest absolute Gasteiger partial charge is 0.480 e. The molecule has 0 bridgehead atoms. The number of piperidine rings is 1. The van der Waals surface area contributed by atoms with E-state index in [-0.39, 0.29) is 24.7 Å². The standard InChI is InChI=1S/C11H15N3O5/c15-7-4-3-6(9(16)13-7)12-11(19)14-8(10(17)18)5-1-2-5/h5-6,8H,1-4H2,(H,17,18)(H2,12,14,19)(H,13,15,16). The molecule has 0 aromatic carbocycles. The summed E-state index contributed by atoms with van der Waals surface area (Å²) in [7, 11) is 0. The number of carbonyl (C=O) groups excluding carboxylic acids is 3. The van der Waals surface area contributed by atoms with Crippen LogP contribution in [-0.2, 0) is 14.4 Å². The zero-order chi connectivity index (χ0) is 14.0. The first-order chi connectivity index (χ1) is 8.97. The van der Waals surface area contributed by atoms with Gasteiger partial charge >= 0.3 is 12.0 Å². The Hall–Kier alpha value is -2.12.